The van der Waals surface area contributed by atoms with E-state index in [0.29, 0.717) is 5.02 Å². The number of hydrogen-bond acceptors (Lipinski definition) is 4. The third-order valence-electron chi connectivity index (χ3n) is 2.51. The van der Waals surface area contributed by atoms with Crippen LogP contribution < -0.4 is 10.1 Å². The van der Waals surface area contributed by atoms with Crippen LogP contribution in [-0.4, -0.2) is 27.2 Å². The molecular formula is C12H10ClF3N4O2. The van der Waals surface area contributed by atoms with Gasteiger partial charge in [0.15, 0.2) is 6.10 Å². The second-order valence-corrected chi connectivity index (χ2v) is 4.61. The molecule has 0 spiro atoms. The van der Waals surface area contributed by atoms with Crippen LogP contribution in [-0.2, 0) is 11.0 Å². The topological polar surface area (TPSA) is 79.9 Å². The van der Waals surface area contributed by atoms with Crippen LogP contribution in [0.4, 0.5) is 19.1 Å². The molecule has 0 saturated heterocycles. The van der Waals surface area contributed by atoms with Gasteiger partial charge < -0.3 is 9.72 Å². The molecule has 0 aliphatic heterocycles. The molecule has 2 rings (SSSR count). The Labute approximate surface area is 127 Å². The van der Waals surface area contributed by atoms with E-state index in [2.05, 4.69) is 15.5 Å². The Balaban J connectivity index is 2.00. The fourth-order valence-corrected chi connectivity index (χ4v) is 1.63. The van der Waals surface area contributed by atoms with Crippen molar-refractivity contribution in [2.24, 2.45) is 0 Å². The first-order valence-electron chi connectivity index (χ1n) is 5.99. The fraction of sp³-hybridized carbons (Fsp3) is 0.250. The van der Waals surface area contributed by atoms with Crippen LogP contribution in [0, 0.1) is 0 Å². The first kappa shape index (κ1) is 16.1. The number of aromatic amines is 1. The molecule has 2 aromatic rings. The maximum atomic E-state index is 12.3. The molecule has 1 unspecified atom stereocenters. The molecule has 1 atom stereocenters. The monoisotopic (exact) mass is 334 g/mol. The van der Waals surface area contributed by atoms with Crippen molar-refractivity contribution in [1.82, 2.24) is 15.2 Å². The van der Waals surface area contributed by atoms with Crippen LogP contribution >= 0.6 is 11.6 Å². The Morgan fingerprint density at radius 3 is 2.64 bits per heavy atom. The zero-order valence-corrected chi connectivity index (χ0v) is 11.9. The van der Waals surface area contributed by atoms with Crippen molar-refractivity contribution in [3.63, 3.8) is 0 Å². The summed E-state index contributed by atoms with van der Waals surface area (Å²) in [6.07, 6.45) is -5.67. The van der Waals surface area contributed by atoms with Crippen LogP contribution in [0.15, 0.2) is 24.3 Å². The minimum absolute atomic E-state index is 0.278. The van der Waals surface area contributed by atoms with Crippen molar-refractivity contribution in [2.45, 2.75) is 19.2 Å². The number of para-hydroxylation sites is 1. The second kappa shape index (κ2) is 6.22. The molecule has 22 heavy (non-hydrogen) atoms. The lowest BCUT2D eigenvalue weighted by molar-refractivity contribution is -0.144. The highest BCUT2D eigenvalue weighted by Crippen LogP contribution is 2.26. The van der Waals surface area contributed by atoms with Crippen LogP contribution in [0.3, 0.4) is 0 Å². The lowest BCUT2D eigenvalue weighted by atomic mass is 10.3. The predicted octanol–water partition coefficient (Wildman–Crippen LogP) is 2.88. The zero-order chi connectivity index (χ0) is 16.3. The molecule has 0 aliphatic carbocycles. The summed E-state index contributed by atoms with van der Waals surface area (Å²) in [4.78, 5) is 13.7. The fourth-order valence-electron chi connectivity index (χ4n) is 1.45. The number of halogens is 4. The van der Waals surface area contributed by atoms with E-state index in [1.807, 2.05) is 4.98 Å². The number of aromatic nitrogens is 3. The van der Waals surface area contributed by atoms with Gasteiger partial charge in [-0.1, -0.05) is 23.7 Å². The summed E-state index contributed by atoms with van der Waals surface area (Å²) in [6, 6.07) is 6.49. The van der Waals surface area contributed by atoms with Crippen LogP contribution in [0.1, 0.15) is 12.7 Å². The third-order valence-corrected chi connectivity index (χ3v) is 2.82. The molecule has 0 aliphatic rings. The lowest BCUT2D eigenvalue weighted by Crippen LogP contribution is -2.30. The normalized spacial score (nSPS) is 12.8. The maximum absolute atomic E-state index is 12.3. The number of ether oxygens (including phenoxy) is 1. The molecule has 0 bridgehead atoms. The van der Waals surface area contributed by atoms with E-state index in [1.54, 1.807) is 24.3 Å². The van der Waals surface area contributed by atoms with Gasteiger partial charge in [0.2, 0.25) is 11.8 Å². The lowest BCUT2D eigenvalue weighted by Gasteiger charge is -2.14. The molecule has 0 saturated carbocycles. The highest BCUT2D eigenvalue weighted by Gasteiger charge is 2.35. The van der Waals surface area contributed by atoms with E-state index < -0.39 is 30.0 Å². The van der Waals surface area contributed by atoms with Gasteiger partial charge in [-0.25, -0.2) is 0 Å². The van der Waals surface area contributed by atoms with Crippen molar-refractivity contribution in [3.8, 4) is 5.75 Å². The van der Waals surface area contributed by atoms with Gasteiger partial charge >= 0.3 is 6.18 Å². The van der Waals surface area contributed by atoms with Crippen molar-refractivity contribution < 1.29 is 22.7 Å². The standard InChI is InChI=1S/C12H10ClF3N4O2/c1-6(22-8-5-3-2-4-7(8)13)9(21)17-11-18-10(19-20-11)12(14,15)16/h2-6H,1H3,(H2,17,18,19,20,21). The van der Waals surface area contributed by atoms with Crippen molar-refractivity contribution in [2.75, 3.05) is 5.32 Å². The van der Waals surface area contributed by atoms with Gasteiger partial charge in [0.05, 0.1) is 5.02 Å². The number of nitrogens with one attached hydrogen (secondary N) is 2. The van der Waals surface area contributed by atoms with E-state index in [9.17, 15) is 18.0 Å². The Morgan fingerprint density at radius 2 is 2.05 bits per heavy atom. The van der Waals surface area contributed by atoms with Crippen LogP contribution in [0.25, 0.3) is 0 Å². The molecule has 1 aromatic heterocycles. The summed E-state index contributed by atoms with van der Waals surface area (Å²) >= 11 is 5.88. The molecule has 0 radical (unpaired) electrons. The number of rotatable bonds is 4. The SMILES string of the molecule is CC(Oc1ccccc1Cl)C(=O)Nc1nnc(C(F)(F)F)[nH]1. The van der Waals surface area contributed by atoms with Crippen LogP contribution in [0.5, 0.6) is 5.75 Å². The number of hydrogen-bond donors (Lipinski definition) is 2. The van der Waals surface area contributed by atoms with Gasteiger partial charge in [0, 0.05) is 0 Å². The van der Waals surface area contributed by atoms with Gasteiger partial charge in [0.1, 0.15) is 5.75 Å². The predicted molar refractivity (Wildman–Crippen MR) is 71.6 cm³/mol. The quantitative estimate of drug-likeness (QED) is 0.901. The molecule has 6 nitrogen and oxygen atoms in total. The minimum Gasteiger partial charge on any atom is -0.479 e. The third kappa shape index (κ3) is 3.88. The summed E-state index contributed by atoms with van der Waals surface area (Å²) in [5, 5.41) is 8.53. The summed E-state index contributed by atoms with van der Waals surface area (Å²) in [5.74, 6) is -2.15. The summed E-state index contributed by atoms with van der Waals surface area (Å²) in [7, 11) is 0. The highest BCUT2D eigenvalue weighted by atomic mass is 35.5. The number of alkyl halides is 3. The molecule has 118 valence electrons. The van der Waals surface area contributed by atoms with Gasteiger partial charge in [-0.3, -0.25) is 10.1 Å². The first-order chi connectivity index (χ1) is 10.3. The number of nitrogens with zero attached hydrogens (tertiary/aromatic N) is 2. The van der Waals surface area contributed by atoms with Gasteiger partial charge in [-0.15, -0.1) is 10.2 Å². The Morgan fingerprint density at radius 1 is 1.36 bits per heavy atom. The number of amides is 1. The van der Waals surface area contributed by atoms with Crippen molar-refractivity contribution >= 4 is 23.5 Å². The first-order valence-corrected chi connectivity index (χ1v) is 6.37. The van der Waals surface area contributed by atoms with Crippen LogP contribution in [0.2, 0.25) is 5.02 Å². The summed E-state index contributed by atoms with van der Waals surface area (Å²) < 4.78 is 42.4. The molecule has 1 amide bonds. The van der Waals surface area contributed by atoms with Crippen molar-refractivity contribution in [3.05, 3.63) is 35.1 Å². The summed E-state index contributed by atoms with van der Waals surface area (Å²) in [6.45, 7) is 1.42. The van der Waals surface area contributed by atoms with E-state index in [-0.39, 0.29) is 5.75 Å². The van der Waals surface area contributed by atoms with E-state index in [0.717, 1.165) is 0 Å². The smallest absolute Gasteiger partial charge is 0.451 e. The number of benzene rings is 1. The van der Waals surface area contributed by atoms with Gasteiger partial charge in [0.25, 0.3) is 5.91 Å². The Kier molecular flexibility index (Phi) is 4.55. The molecule has 2 N–H and O–H groups in total. The Bertz CT molecular complexity index is 674. The average Bonchev–Trinajstić information content (AvgIpc) is 2.89. The number of H-pyrrole nitrogens is 1. The van der Waals surface area contributed by atoms with Crippen molar-refractivity contribution in [1.29, 1.82) is 0 Å². The Hall–Kier alpha value is -2.29. The average molecular weight is 335 g/mol. The van der Waals surface area contributed by atoms with E-state index in [4.69, 9.17) is 16.3 Å². The van der Waals surface area contributed by atoms with Gasteiger partial charge in [-0.2, -0.15) is 13.2 Å². The minimum atomic E-state index is -4.67. The van der Waals surface area contributed by atoms with E-state index >= 15 is 0 Å². The summed E-state index contributed by atoms with van der Waals surface area (Å²) in [5.41, 5.74) is 0. The molecule has 1 heterocycles. The number of carbonyl (C=O) groups excluding carboxylic acids is 1. The molecule has 0 fully saturated rings. The number of anilines is 1. The largest absolute Gasteiger partial charge is 0.479 e. The molecule has 1 aromatic carbocycles. The molecular weight excluding hydrogens is 325 g/mol. The second-order valence-electron chi connectivity index (χ2n) is 4.20. The number of carbonyl (C=O) groups is 1. The molecule has 10 heteroatoms. The van der Waals surface area contributed by atoms with E-state index in [1.165, 1.54) is 6.92 Å². The van der Waals surface area contributed by atoms with Gasteiger partial charge in [-0.05, 0) is 19.1 Å². The maximum Gasteiger partial charge on any atom is 0.451 e. The highest BCUT2D eigenvalue weighted by molar-refractivity contribution is 6.32. The zero-order valence-electron chi connectivity index (χ0n) is 11.1.